The maximum Gasteiger partial charge on any atom is 0.248 e. The Hall–Kier alpha value is -2.44. The molecule has 2 fully saturated rings. The summed E-state index contributed by atoms with van der Waals surface area (Å²) in [7, 11) is 3.97. The molecular formula is C33H51N5O5S. The quantitative estimate of drug-likeness (QED) is 0.397. The fourth-order valence-electron chi connectivity index (χ4n) is 7.60. The topological polar surface area (TPSA) is 87.6 Å². The van der Waals surface area contributed by atoms with E-state index in [0.29, 0.717) is 46.9 Å². The van der Waals surface area contributed by atoms with Gasteiger partial charge in [0.1, 0.15) is 12.4 Å². The van der Waals surface area contributed by atoms with Crippen molar-refractivity contribution in [1.82, 2.24) is 23.6 Å². The van der Waals surface area contributed by atoms with E-state index in [1.165, 1.54) is 19.3 Å². The molecule has 2 aliphatic heterocycles. The number of ether oxygens (including phenoxy) is 2. The van der Waals surface area contributed by atoms with Gasteiger partial charge in [0, 0.05) is 50.2 Å². The number of fused-ring (bicyclic) bond motifs is 1. The van der Waals surface area contributed by atoms with Gasteiger partial charge in [0.2, 0.25) is 15.9 Å². The fourth-order valence-corrected chi connectivity index (χ4v) is 9.60. The second-order valence-corrected chi connectivity index (χ2v) is 14.9. The van der Waals surface area contributed by atoms with Crippen LogP contribution < -0.4 is 4.74 Å². The number of aryl methyl sites for hydroxylation is 2. The van der Waals surface area contributed by atoms with E-state index in [4.69, 9.17) is 9.47 Å². The number of piperidine rings is 1. The van der Waals surface area contributed by atoms with Gasteiger partial charge in [-0.05, 0) is 115 Å². The van der Waals surface area contributed by atoms with Crippen molar-refractivity contribution in [1.29, 1.82) is 0 Å². The number of rotatable bonds is 10. The van der Waals surface area contributed by atoms with Crippen LogP contribution in [0.4, 0.5) is 0 Å². The van der Waals surface area contributed by atoms with Crippen molar-refractivity contribution < 1.29 is 22.7 Å². The number of carbonyl (C=O) groups is 1. The Labute approximate surface area is 263 Å². The van der Waals surface area contributed by atoms with E-state index in [-0.39, 0.29) is 25.2 Å². The van der Waals surface area contributed by atoms with E-state index in [1.807, 2.05) is 30.3 Å². The summed E-state index contributed by atoms with van der Waals surface area (Å²) in [5.41, 5.74) is 2.16. The number of likely N-dealkylation sites (tertiary alicyclic amines) is 1. The highest BCUT2D eigenvalue weighted by Gasteiger charge is 2.39. The van der Waals surface area contributed by atoms with Gasteiger partial charge in [0.25, 0.3) is 0 Å². The Morgan fingerprint density at radius 2 is 1.68 bits per heavy atom. The van der Waals surface area contributed by atoms with Crippen LogP contribution in [0, 0.1) is 13.8 Å². The molecule has 0 radical (unpaired) electrons. The molecule has 2 aromatic rings. The number of hydrogen-bond acceptors (Lipinski definition) is 7. The van der Waals surface area contributed by atoms with Gasteiger partial charge in [-0.2, -0.15) is 4.31 Å². The van der Waals surface area contributed by atoms with E-state index in [0.717, 1.165) is 38.0 Å². The molecule has 3 atom stereocenters. The van der Waals surface area contributed by atoms with E-state index in [2.05, 4.69) is 28.5 Å². The number of nitrogens with zero attached hydrogens (tertiary/aromatic N) is 5. The molecule has 3 unspecified atom stereocenters. The Kier molecular flexibility index (Phi) is 10.4. The molecule has 0 spiro atoms. The number of aromatic nitrogens is 1. The Balaban J connectivity index is 1.22. The van der Waals surface area contributed by atoms with Crippen LogP contribution in [0.1, 0.15) is 61.4 Å². The maximum atomic E-state index is 14.1. The van der Waals surface area contributed by atoms with E-state index >= 15 is 0 Å². The zero-order chi connectivity index (χ0) is 31.6. The minimum absolute atomic E-state index is 0.0515. The second-order valence-electron chi connectivity index (χ2n) is 13.1. The summed E-state index contributed by atoms with van der Waals surface area (Å²) < 4.78 is 43.3. The van der Waals surface area contributed by atoms with Crippen molar-refractivity contribution in [2.24, 2.45) is 0 Å². The fraction of sp³-hybridized carbons (Fsp3) is 0.667. The van der Waals surface area contributed by atoms with Gasteiger partial charge in [-0.1, -0.05) is 0 Å². The summed E-state index contributed by atoms with van der Waals surface area (Å²) in [6.45, 7) is 6.77. The lowest BCUT2D eigenvalue weighted by atomic mass is 9.87. The second kappa shape index (κ2) is 13.9. The minimum Gasteiger partial charge on any atom is -0.497 e. The van der Waals surface area contributed by atoms with E-state index < -0.39 is 16.1 Å². The number of methoxy groups -OCH3 is 1. The van der Waals surface area contributed by atoms with Gasteiger partial charge in [-0.15, -0.1) is 0 Å². The molecule has 1 aliphatic carbocycles. The Morgan fingerprint density at radius 1 is 0.977 bits per heavy atom. The van der Waals surface area contributed by atoms with Crippen LogP contribution in [0.5, 0.6) is 5.75 Å². The van der Waals surface area contributed by atoms with Crippen molar-refractivity contribution in [2.75, 3.05) is 61.1 Å². The van der Waals surface area contributed by atoms with Crippen molar-refractivity contribution in [3.05, 3.63) is 47.3 Å². The first-order chi connectivity index (χ1) is 21.0. The highest BCUT2D eigenvalue weighted by molar-refractivity contribution is 7.89. The number of amides is 1. The lowest BCUT2D eigenvalue weighted by molar-refractivity contribution is -0.138. The van der Waals surface area contributed by atoms with Crippen LogP contribution >= 0.6 is 0 Å². The molecule has 244 valence electrons. The number of likely N-dealkylation sites (N-methyl/N-ethyl adjacent to an activating group) is 1. The van der Waals surface area contributed by atoms with Crippen molar-refractivity contribution in [3.63, 3.8) is 0 Å². The minimum atomic E-state index is -3.85. The molecule has 0 bridgehead atoms. The average molecular weight is 630 g/mol. The van der Waals surface area contributed by atoms with Gasteiger partial charge in [-0.3, -0.25) is 4.79 Å². The van der Waals surface area contributed by atoms with Crippen LogP contribution in [0.2, 0.25) is 0 Å². The highest BCUT2D eigenvalue weighted by Crippen LogP contribution is 2.36. The van der Waals surface area contributed by atoms with Crippen molar-refractivity contribution >= 4 is 15.9 Å². The summed E-state index contributed by atoms with van der Waals surface area (Å²) in [4.78, 5) is 20.5. The van der Waals surface area contributed by atoms with E-state index in [1.54, 1.807) is 37.4 Å². The van der Waals surface area contributed by atoms with Crippen LogP contribution in [-0.4, -0.2) is 117 Å². The van der Waals surface area contributed by atoms with Gasteiger partial charge < -0.3 is 28.7 Å². The molecule has 1 saturated heterocycles. The molecule has 11 heteroatoms. The molecule has 10 nitrogen and oxygen atoms in total. The molecule has 1 saturated carbocycles. The molecule has 0 N–H and O–H groups in total. The van der Waals surface area contributed by atoms with Gasteiger partial charge >= 0.3 is 0 Å². The number of carbonyl (C=O) groups excluding carboxylic acids is 1. The third-order valence-electron chi connectivity index (χ3n) is 10.2. The third kappa shape index (κ3) is 6.87. The number of hydrogen-bond donors (Lipinski definition) is 0. The molecule has 44 heavy (non-hydrogen) atoms. The van der Waals surface area contributed by atoms with E-state index in [9.17, 15) is 13.2 Å². The molecular weight excluding hydrogens is 578 g/mol. The van der Waals surface area contributed by atoms with Crippen LogP contribution in [-0.2, 0) is 26.1 Å². The van der Waals surface area contributed by atoms with Crippen LogP contribution in [0.15, 0.2) is 35.4 Å². The summed E-state index contributed by atoms with van der Waals surface area (Å²) in [6, 6.07) is 8.24. The molecule has 3 heterocycles. The lowest BCUT2D eigenvalue weighted by Crippen LogP contribution is -2.51. The third-order valence-corrected chi connectivity index (χ3v) is 12.4. The van der Waals surface area contributed by atoms with Crippen molar-refractivity contribution in [2.45, 2.75) is 88.0 Å². The monoisotopic (exact) mass is 629 g/mol. The van der Waals surface area contributed by atoms with Gasteiger partial charge in [0.15, 0.2) is 0 Å². The SMILES string of the molecule is COc1cc(C)c(S(=O)(=O)N2CCn3cccc3C2COCC(=O)N(C)C2CCCC(N3CCC(N(C)C)CC3)C2)c(C)c1. The predicted octanol–water partition coefficient (Wildman–Crippen LogP) is 3.67. The Morgan fingerprint density at radius 3 is 2.34 bits per heavy atom. The van der Waals surface area contributed by atoms with Crippen molar-refractivity contribution in [3.8, 4) is 5.75 Å². The largest absolute Gasteiger partial charge is 0.497 e. The predicted molar refractivity (Wildman–Crippen MR) is 171 cm³/mol. The first kappa shape index (κ1) is 32.9. The smallest absolute Gasteiger partial charge is 0.248 e. The lowest BCUT2D eigenvalue weighted by Gasteiger charge is -2.44. The molecule has 1 aromatic carbocycles. The first-order valence-corrected chi connectivity index (χ1v) is 17.5. The standard InChI is InChI=1S/C33H51N5O5S/c1-24-19-29(42-6)20-25(2)33(24)44(40,41)38-18-17-37-14-8-11-30(37)31(38)22-43-23-32(39)35(5)27-9-7-10-28(21-27)36-15-12-26(13-16-36)34(3)4/h8,11,14,19-20,26-28,31H,7,9-10,12-13,15-18,21-23H2,1-6H3. The molecule has 3 aliphatic rings. The summed E-state index contributed by atoms with van der Waals surface area (Å²) in [5.74, 6) is 0.580. The molecule has 5 rings (SSSR count). The van der Waals surface area contributed by atoms with Crippen LogP contribution in [0.3, 0.4) is 0 Å². The number of benzene rings is 1. The van der Waals surface area contributed by atoms with Gasteiger partial charge in [0.05, 0.1) is 24.7 Å². The summed E-state index contributed by atoms with van der Waals surface area (Å²) in [5, 5.41) is 0. The Bertz CT molecular complexity index is 1380. The summed E-state index contributed by atoms with van der Waals surface area (Å²) in [6.07, 6.45) is 8.69. The zero-order valence-corrected chi connectivity index (χ0v) is 28.2. The zero-order valence-electron chi connectivity index (χ0n) is 27.4. The van der Waals surface area contributed by atoms with Crippen LogP contribution in [0.25, 0.3) is 0 Å². The maximum absolute atomic E-state index is 14.1. The average Bonchev–Trinajstić information content (AvgIpc) is 3.49. The number of sulfonamides is 1. The summed E-state index contributed by atoms with van der Waals surface area (Å²) >= 11 is 0. The molecule has 1 amide bonds. The highest BCUT2D eigenvalue weighted by atomic mass is 32.2. The first-order valence-electron chi connectivity index (χ1n) is 16.1. The van der Waals surface area contributed by atoms with Gasteiger partial charge in [-0.25, -0.2) is 8.42 Å². The molecule has 1 aromatic heterocycles. The normalized spacial score (nSPS) is 23.9.